The Labute approximate surface area is 146 Å². The molecule has 0 saturated heterocycles. The van der Waals surface area contributed by atoms with Crippen LogP contribution in [0, 0.1) is 11.6 Å². The second-order valence-corrected chi connectivity index (χ2v) is 5.97. The van der Waals surface area contributed by atoms with Crippen molar-refractivity contribution in [2.24, 2.45) is 0 Å². The van der Waals surface area contributed by atoms with Crippen LogP contribution in [0.25, 0.3) is 11.1 Å². The number of benzene rings is 2. The molecule has 0 aliphatic carbocycles. The summed E-state index contributed by atoms with van der Waals surface area (Å²) in [6.07, 6.45) is 1.28. The number of nitrogens with one attached hydrogen (secondary N) is 1. The van der Waals surface area contributed by atoms with Gasteiger partial charge in [-0.2, -0.15) is 0 Å². The standard InChI is InChI=1S/C18H13ClF2N2O2/c1-10(14-4-2-3-5-16(14)19)23-9-15(17(24)22-18(23)25)11-6-12(20)8-13(21)7-11/h2-10H,1H3,(H,22,24,25). The first-order valence-corrected chi connectivity index (χ1v) is 7.81. The van der Waals surface area contributed by atoms with Gasteiger partial charge >= 0.3 is 5.69 Å². The number of halogens is 3. The van der Waals surface area contributed by atoms with Crippen LogP contribution >= 0.6 is 11.6 Å². The van der Waals surface area contributed by atoms with Crippen molar-refractivity contribution < 1.29 is 8.78 Å². The van der Waals surface area contributed by atoms with Gasteiger partial charge in [0.2, 0.25) is 0 Å². The highest BCUT2D eigenvalue weighted by Gasteiger charge is 2.16. The van der Waals surface area contributed by atoms with E-state index in [1.807, 2.05) is 0 Å². The maximum atomic E-state index is 13.5. The van der Waals surface area contributed by atoms with Gasteiger partial charge in [0, 0.05) is 17.3 Å². The van der Waals surface area contributed by atoms with E-state index in [4.69, 9.17) is 11.6 Å². The summed E-state index contributed by atoms with van der Waals surface area (Å²) in [5.74, 6) is -1.63. The van der Waals surface area contributed by atoms with Gasteiger partial charge in [-0.25, -0.2) is 13.6 Å². The molecule has 1 unspecified atom stereocenters. The zero-order chi connectivity index (χ0) is 18.1. The number of nitrogens with zero attached hydrogens (tertiary/aromatic N) is 1. The Balaban J connectivity index is 2.18. The summed E-state index contributed by atoms with van der Waals surface area (Å²) in [6, 6.07) is 9.26. The van der Waals surface area contributed by atoms with Crippen LogP contribution in [-0.2, 0) is 0 Å². The summed E-state index contributed by atoms with van der Waals surface area (Å²) in [6.45, 7) is 1.73. The zero-order valence-electron chi connectivity index (χ0n) is 13.1. The smallest absolute Gasteiger partial charge is 0.293 e. The third kappa shape index (κ3) is 3.39. The predicted molar refractivity (Wildman–Crippen MR) is 91.9 cm³/mol. The molecule has 3 rings (SSSR count). The molecule has 1 atom stereocenters. The van der Waals surface area contributed by atoms with E-state index >= 15 is 0 Å². The third-order valence-corrected chi connectivity index (χ3v) is 4.26. The van der Waals surface area contributed by atoms with Crippen LogP contribution < -0.4 is 11.2 Å². The summed E-state index contributed by atoms with van der Waals surface area (Å²) in [4.78, 5) is 26.5. The molecule has 0 fully saturated rings. The molecule has 3 aromatic rings. The molecular weight excluding hydrogens is 350 g/mol. The van der Waals surface area contributed by atoms with Gasteiger partial charge in [0.15, 0.2) is 0 Å². The molecule has 0 saturated carbocycles. The number of aromatic nitrogens is 2. The summed E-state index contributed by atoms with van der Waals surface area (Å²) in [7, 11) is 0. The van der Waals surface area contributed by atoms with Gasteiger partial charge in [-0.15, -0.1) is 0 Å². The first-order chi connectivity index (χ1) is 11.9. The quantitative estimate of drug-likeness (QED) is 0.771. The van der Waals surface area contributed by atoms with E-state index in [9.17, 15) is 18.4 Å². The molecule has 1 aromatic heterocycles. The normalized spacial score (nSPS) is 12.2. The van der Waals surface area contributed by atoms with Crippen LogP contribution in [0.4, 0.5) is 8.78 Å². The van der Waals surface area contributed by atoms with E-state index in [0.717, 1.165) is 12.1 Å². The maximum absolute atomic E-state index is 13.5. The van der Waals surface area contributed by atoms with Gasteiger partial charge in [0.05, 0.1) is 11.6 Å². The lowest BCUT2D eigenvalue weighted by molar-refractivity contribution is 0.583. The Morgan fingerprint density at radius 2 is 1.72 bits per heavy atom. The van der Waals surface area contributed by atoms with E-state index in [1.54, 1.807) is 31.2 Å². The fraction of sp³-hybridized carbons (Fsp3) is 0.111. The summed E-state index contributed by atoms with van der Waals surface area (Å²) < 4.78 is 28.2. The van der Waals surface area contributed by atoms with Crippen molar-refractivity contribution >= 4 is 11.6 Å². The Bertz CT molecular complexity index is 1040. The highest BCUT2D eigenvalue weighted by Crippen LogP contribution is 2.25. The zero-order valence-corrected chi connectivity index (χ0v) is 13.8. The Hall–Kier alpha value is -2.73. The molecule has 0 spiro atoms. The lowest BCUT2D eigenvalue weighted by Gasteiger charge is -2.17. The van der Waals surface area contributed by atoms with Crippen molar-refractivity contribution in [3.63, 3.8) is 0 Å². The van der Waals surface area contributed by atoms with Gasteiger partial charge in [-0.1, -0.05) is 29.8 Å². The van der Waals surface area contributed by atoms with Crippen LogP contribution in [0.5, 0.6) is 0 Å². The molecule has 25 heavy (non-hydrogen) atoms. The SMILES string of the molecule is CC(c1ccccc1Cl)n1cc(-c2cc(F)cc(F)c2)c(=O)[nH]c1=O. The fourth-order valence-corrected chi connectivity index (χ4v) is 2.95. The van der Waals surface area contributed by atoms with Crippen LogP contribution in [-0.4, -0.2) is 9.55 Å². The van der Waals surface area contributed by atoms with Crippen LogP contribution in [0.2, 0.25) is 5.02 Å². The molecule has 1 N–H and O–H groups in total. The highest BCUT2D eigenvalue weighted by atomic mass is 35.5. The lowest BCUT2D eigenvalue weighted by Crippen LogP contribution is -2.32. The first-order valence-electron chi connectivity index (χ1n) is 7.43. The predicted octanol–water partition coefficient (Wildman–Crippen LogP) is 3.74. The van der Waals surface area contributed by atoms with Gasteiger partial charge < -0.3 is 0 Å². The minimum Gasteiger partial charge on any atom is -0.293 e. The van der Waals surface area contributed by atoms with Crippen molar-refractivity contribution in [1.82, 2.24) is 9.55 Å². The second kappa shape index (κ2) is 6.64. The molecule has 0 aliphatic rings. The number of hydrogen-bond donors (Lipinski definition) is 1. The summed E-state index contributed by atoms with van der Waals surface area (Å²) >= 11 is 6.16. The summed E-state index contributed by atoms with van der Waals surface area (Å²) in [5.41, 5.74) is -0.666. The Morgan fingerprint density at radius 3 is 2.36 bits per heavy atom. The largest absolute Gasteiger partial charge is 0.328 e. The van der Waals surface area contributed by atoms with Crippen molar-refractivity contribution in [3.05, 3.63) is 91.7 Å². The molecule has 0 aliphatic heterocycles. The fourth-order valence-electron chi connectivity index (χ4n) is 2.65. The molecule has 0 amide bonds. The van der Waals surface area contributed by atoms with Crippen LogP contribution in [0.15, 0.2) is 58.3 Å². The molecule has 4 nitrogen and oxygen atoms in total. The van der Waals surface area contributed by atoms with Crippen molar-refractivity contribution in [2.75, 3.05) is 0 Å². The van der Waals surface area contributed by atoms with Gasteiger partial charge in [0.25, 0.3) is 5.56 Å². The van der Waals surface area contributed by atoms with Crippen molar-refractivity contribution in [1.29, 1.82) is 0 Å². The third-order valence-electron chi connectivity index (χ3n) is 3.91. The van der Waals surface area contributed by atoms with E-state index in [-0.39, 0.29) is 11.1 Å². The number of rotatable bonds is 3. The highest BCUT2D eigenvalue weighted by molar-refractivity contribution is 6.31. The van der Waals surface area contributed by atoms with Gasteiger partial charge in [-0.05, 0) is 36.2 Å². The maximum Gasteiger partial charge on any atom is 0.328 e. The van der Waals surface area contributed by atoms with Crippen molar-refractivity contribution in [2.45, 2.75) is 13.0 Å². The number of aromatic amines is 1. The second-order valence-electron chi connectivity index (χ2n) is 5.56. The number of H-pyrrole nitrogens is 1. The van der Waals surface area contributed by atoms with E-state index in [2.05, 4.69) is 4.98 Å². The summed E-state index contributed by atoms with van der Waals surface area (Å²) in [5, 5.41) is 0.464. The first kappa shape index (κ1) is 17.1. The van der Waals surface area contributed by atoms with E-state index in [1.165, 1.54) is 10.8 Å². The lowest BCUT2D eigenvalue weighted by atomic mass is 10.1. The molecule has 128 valence electrons. The topological polar surface area (TPSA) is 54.9 Å². The van der Waals surface area contributed by atoms with Gasteiger partial charge in [0.1, 0.15) is 11.6 Å². The monoisotopic (exact) mass is 362 g/mol. The minimum absolute atomic E-state index is 0.0168. The van der Waals surface area contributed by atoms with Gasteiger partial charge in [-0.3, -0.25) is 14.3 Å². The molecule has 0 bridgehead atoms. The Morgan fingerprint density at radius 1 is 1.08 bits per heavy atom. The van der Waals surface area contributed by atoms with E-state index < -0.39 is 28.9 Å². The average Bonchev–Trinajstić information content (AvgIpc) is 2.54. The Kier molecular flexibility index (Phi) is 4.55. The molecule has 0 radical (unpaired) electrons. The van der Waals surface area contributed by atoms with Crippen LogP contribution in [0.3, 0.4) is 0 Å². The van der Waals surface area contributed by atoms with Crippen LogP contribution in [0.1, 0.15) is 18.5 Å². The van der Waals surface area contributed by atoms with E-state index in [0.29, 0.717) is 16.7 Å². The molecule has 7 heteroatoms. The molecule has 1 heterocycles. The molecular formula is C18H13ClF2N2O2. The molecule has 2 aromatic carbocycles. The average molecular weight is 363 g/mol. The minimum atomic E-state index is -0.814. The number of hydrogen-bond acceptors (Lipinski definition) is 2. The van der Waals surface area contributed by atoms with Crippen molar-refractivity contribution in [3.8, 4) is 11.1 Å².